The molecular weight excluding hydrogens is 448 g/mol. The van der Waals surface area contributed by atoms with Gasteiger partial charge in [0.25, 0.3) is 5.91 Å². The number of carbonyl (C=O) groups excluding carboxylic acids is 2. The van der Waals surface area contributed by atoms with Gasteiger partial charge in [0.1, 0.15) is 16.4 Å². The standard InChI is InChI=1S/C24H17ClN2O4S/c1-30-19-11-4-2-9-17(19)23(28)27-26-14-15-7-6-8-16(13-15)31-24(29)22-21(25)18-10-3-5-12-20(18)32-22/h2-14H,1H3,(H,27,28). The first kappa shape index (κ1) is 21.5. The molecule has 0 radical (unpaired) electrons. The van der Waals surface area contributed by atoms with E-state index in [1.54, 1.807) is 48.5 Å². The van der Waals surface area contributed by atoms with Gasteiger partial charge in [-0.3, -0.25) is 4.79 Å². The lowest BCUT2D eigenvalue weighted by Crippen LogP contribution is -2.18. The van der Waals surface area contributed by atoms with Gasteiger partial charge in [-0.25, -0.2) is 10.2 Å². The molecule has 0 bridgehead atoms. The van der Waals surface area contributed by atoms with Crippen LogP contribution in [0.1, 0.15) is 25.6 Å². The SMILES string of the molecule is COc1ccccc1C(=O)NN=Cc1cccc(OC(=O)c2sc3ccccc3c2Cl)c1. The van der Waals surface area contributed by atoms with Gasteiger partial charge in [0.05, 0.1) is 23.9 Å². The molecule has 0 fully saturated rings. The number of amides is 1. The number of hydrogen-bond donors (Lipinski definition) is 1. The Kier molecular flexibility index (Phi) is 6.49. The maximum atomic E-state index is 12.6. The normalized spacial score (nSPS) is 10.9. The Balaban J connectivity index is 1.44. The van der Waals surface area contributed by atoms with Gasteiger partial charge in [0, 0.05) is 10.1 Å². The average molecular weight is 465 g/mol. The Bertz CT molecular complexity index is 1330. The molecule has 0 aliphatic carbocycles. The van der Waals surface area contributed by atoms with Crippen molar-refractivity contribution in [3.05, 3.63) is 93.8 Å². The summed E-state index contributed by atoms with van der Waals surface area (Å²) in [6.45, 7) is 0. The molecule has 32 heavy (non-hydrogen) atoms. The number of thiophene rings is 1. The number of benzene rings is 3. The van der Waals surface area contributed by atoms with Crippen LogP contribution in [-0.4, -0.2) is 25.2 Å². The summed E-state index contributed by atoms with van der Waals surface area (Å²) >= 11 is 7.64. The second-order valence-corrected chi connectivity index (χ2v) is 8.03. The van der Waals surface area contributed by atoms with Crippen molar-refractivity contribution in [1.82, 2.24) is 5.43 Å². The number of hydrogen-bond acceptors (Lipinski definition) is 6. The van der Waals surface area contributed by atoms with E-state index >= 15 is 0 Å². The minimum atomic E-state index is -0.533. The summed E-state index contributed by atoms with van der Waals surface area (Å²) in [6.07, 6.45) is 1.46. The van der Waals surface area contributed by atoms with Crippen LogP contribution in [0.5, 0.6) is 11.5 Å². The van der Waals surface area contributed by atoms with Gasteiger partial charge < -0.3 is 9.47 Å². The Morgan fingerprint density at radius 3 is 2.62 bits per heavy atom. The molecule has 0 atom stereocenters. The molecule has 0 saturated carbocycles. The highest BCUT2D eigenvalue weighted by Gasteiger charge is 2.19. The first-order valence-corrected chi connectivity index (χ1v) is 10.7. The van der Waals surface area contributed by atoms with Crippen molar-refractivity contribution in [1.29, 1.82) is 0 Å². The van der Waals surface area contributed by atoms with Crippen LogP contribution in [0.3, 0.4) is 0 Å². The quantitative estimate of drug-likeness (QED) is 0.176. The molecule has 4 rings (SSSR count). The summed E-state index contributed by atoms with van der Waals surface area (Å²) in [4.78, 5) is 25.3. The maximum Gasteiger partial charge on any atom is 0.355 e. The lowest BCUT2D eigenvalue weighted by molar-refractivity contribution is 0.0739. The van der Waals surface area contributed by atoms with Crippen molar-refractivity contribution in [2.24, 2.45) is 5.10 Å². The van der Waals surface area contributed by atoms with Crippen LogP contribution in [0.4, 0.5) is 0 Å². The van der Waals surface area contributed by atoms with Gasteiger partial charge in [-0.15, -0.1) is 11.3 Å². The molecule has 0 aliphatic rings. The van der Waals surface area contributed by atoms with Crippen LogP contribution < -0.4 is 14.9 Å². The van der Waals surface area contributed by atoms with E-state index in [9.17, 15) is 9.59 Å². The molecule has 4 aromatic rings. The molecule has 0 unspecified atom stereocenters. The number of esters is 1. The van der Waals surface area contributed by atoms with E-state index in [-0.39, 0.29) is 0 Å². The zero-order chi connectivity index (χ0) is 22.5. The lowest BCUT2D eigenvalue weighted by Gasteiger charge is -2.06. The monoisotopic (exact) mass is 464 g/mol. The summed E-state index contributed by atoms with van der Waals surface area (Å²) in [7, 11) is 1.49. The number of para-hydroxylation sites is 1. The van der Waals surface area contributed by atoms with Crippen molar-refractivity contribution in [2.45, 2.75) is 0 Å². The van der Waals surface area contributed by atoms with Crippen LogP contribution in [0, 0.1) is 0 Å². The number of nitrogens with one attached hydrogen (secondary N) is 1. The van der Waals surface area contributed by atoms with E-state index in [2.05, 4.69) is 10.5 Å². The largest absolute Gasteiger partial charge is 0.496 e. The highest BCUT2D eigenvalue weighted by atomic mass is 35.5. The predicted molar refractivity (Wildman–Crippen MR) is 126 cm³/mol. The molecule has 1 N–H and O–H groups in total. The Morgan fingerprint density at radius 2 is 1.81 bits per heavy atom. The molecule has 1 amide bonds. The minimum Gasteiger partial charge on any atom is -0.496 e. The van der Waals surface area contributed by atoms with Gasteiger partial charge in [0.2, 0.25) is 0 Å². The fourth-order valence-electron chi connectivity index (χ4n) is 3.01. The van der Waals surface area contributed by atoms with Gasteiger partial charge in [-0.2, -0.15) is 5.10 Å². The summed E-state index contributed by atoms with van der Waals surface area (Å²) in [5.74, 6) is -0.145. The number of rotatable bonds is 6. The first-order valence-electron chi connectivity index (χ1n) is 9.52. The van der Waals surface area contributed by atoms with Gasteiger partial charge in [0.15, 0.2) is 0 Å². The van der Waals surface area contributed by atoms with Crippen LogP contribution in [0.15, 0.2) is 77.9 Å². The fourth-order valence-corrected chi connectivity index (χ4v) is 4.40. The molecule has 0 spiro atoms. The summed E-state index contributed by atoms with van der Waals surface area (Å²) in [6, 6.07) is 21.1. The summed E-state index contributed by atoms with van der Waals surface area (Å²) in [5.41, 5.74) is 3.47. The Labute approximate surface area is 193 Å². The zero-order valence-corrected chi connectivity index (χ0v) is 18.4. The second-order valence-electron chi connectivity index (χ2n) is 6.60. The van der Waals surface area contributed by atoms with Gasteiger partial charge in [-0.05, 0) is 35.9 Å². The molecular formula is C24H17ClN2O4S. The highest BCUT2D eigenvalue weighted by molar-refractivity contribution is 7.21. The average Bonchev–Trinajstić information content (AvgIpc) is 3.16. The number of halogens is 1. The molecule has 6 nitrogen and oxygen atoms in total. The molecule has 1 aromatic heterocycles. The third-order valence-corrected chi connectivity index (χ3v) is 6.18. The van der Waals surface area contributed by atoms with Gasteiger partial charge in [-0.1, -0.05) is 54.1 Å². The van der Waals surface area contributed by atoms with Crippen LogP contribution in [-0.2, 0) is 0 Å². The van der Waals surface area contributed by atoms with Gasteiger partial charge >= 0.3 is 5.97 Å². The van der Waals surface area contributed by atoms with Crippen molar-refractivity contribution in [3.63, 3.8) is 0 Å². The van der Waals surface area contributed by atoms with E-state index in [1.165, 1.54) is 24.7 Å². The van der Waals surface area contributed by atoms with Crippen molar-refractivity contribution < 1.29 is 19.1 Å². The smallest absolute Gasteiger partial charge is 0.355 e. The highest BCUT2D eigenvalue weighted by Crippen LogP contribution is 2.35. The summed E-state index contributed by atoms with van der Waals surface area (Å²) < 4.78 is 11.6. The third-order valence-electron chi connectivity index (χ3n) is 4.52. The Morgan fingerprint density at radius 1 is 1.03 bits per heavy atom. The van der Waals surface area contributed by atoms with E-state index in [4.69, 9.17) is 21.1 Å². The Hall–Kier alpha value is -3.68. The first-order chi connectivity index (χ1) is 15.6. The maximum absolute atomic E-state index is 12.6. The zero-order valence-electron chi connectivity index (χ0n) is 16.9. The number of fused-ring (bicyclic) bond motifs is 1. The molecule has 1 heterocycles. The predicted octanol–water partition coefficient (Wildman–Crippen LogP) is 5.55. The molecule has 8 heteroatoms. The van der Waals surface area contributed by atoms with Crippen molar-refractivity contribution >= 4 is 51.1 Å². The van der Waals surface area contributed by atoms with Crippen LogP contribution in [0.25, 0.3) is 10.1 Å². The molecule has 0 saturated heterocycles. The van der Waals surface area contributed by atoms with Crippen molar-refractivity contribution in [3.8, 4) is 11.5 Å². The van der Waals surface area contributed by atoms with E-state index in [0.717, 1.165) is 10.1 Å². The minimum absolute atomic E-state index is 0.337. The van der Waals surface area contributed by atoms with Crippen LogP contribution in [0.2, 0.25) is 5.02 Å². The number of carbonyl (C=O) groups is 2. The second kappa shape index (κ2) is 9.64. The molecule has 3 aromatic carbocycles. The van der Waals surface area contributed by atoms with Crippen molar-refractivity contribution in [2.75, 3.05) is 7.11 Å². The molecule has 160 valence electrons. The van der Waals surface area contributed by atoms with E-state index in [1.807, 2.05) is 24.3 Å². The number of ether oxygens (including phenoxy) is 2. The lowest BCUT2D eigenvalue weighted by atomic mass is 10.2. The molecule has 0 aliphatic heterocycles. The fraction of sp³-hybridized carbons (Fsp3) is 0.0417. The third kappa shape index (κ3) is 4.64. The topological polar surface area (TPSA) is 77.0 Å². The number of nitrogens with zero attached hydrogens (tertiary/aromatic N) is 1. The van der Waals surface area contributed by atoms with E-state index < -0.39 is 11.9 Å². The van der Waals surface area contributed by atoms with E-state index in [0.29, 0.717) is 32.5 Å². The van der Waals surface area contributed by atoms with Crippen LogP contribution >= 0.6 is 22.9 Å². The summed E-state index contributed by atoms with van der Waals surface area (Å²) in [5, 5.41) is 5.17. The number of methoxy groups -OCH3 is 1. The number of hydrazone groups is 1.